The Morgan fingerprint density at radius 3 is 2.29 bits per heavy atom. The van der Waals surface area contributed by atoms with Crippen LogP contribution in [0.3, 0.4) is 0 Å². The third-order valence-electron chi connectivity index (χ3n) is 3.61. The minimum Gasteiger partial charge on any atom is -0.342 e. The van der Waals surface area contributed by atoms with Crippen molar-refractivity contribution in [2.45, 2.75) is 46.1 Å². The molecule has 1 saturated heterocycles. The van der Waals surface area contributed by atoms with Crippen LogP contribution in [0.25, 0.3) is 0 Å². The molecule has 0 aromatic heterocycles. The van der Waals surface area contributed by atoms with Gasteiger partial charge in [0.1, 0.15) is 11.2 Å². The summed E-state index contributed by atoms with van der Waals surface area (Å²) in [5.41, 5.74) is -0.721. The van der Waals surface area contributed by atoms with E-state index in [1.165, 1.54) is 0 Å². The van der Waals surface area contributed by atoms with Gasteiger partial charge in [0, 0.05) is 19.5 Å². The number of likely N-dealkylation sites (tertiary alicyclic amines) is 1. The molecule has 0 spiro atoms. The first-order chi connectivity index (χ1) is 6.49. The topological polar surface area (TPSA) is 37.4 Å². The number of amides is 1. The molecule has 0 bridgehead atoms. The molecular weight excluding hydrogens is 178 g/mol. The highest BCUT2D eigenvalue weighted by Crippen LogP contribution is 2.36. The van der Waals surface area contributed by atoms with Crippen molar-refractivity contribution in [3.63, 3.8) is 0 Å². The molecule has 1 rings (SSSR count). The number of Topliss-reactive ketones (excluding diaryl/α,β-unsaturated/α-hetero) is 1. The average Bonchev–Trinajstić information content (AvgIpc) is 2.17. The number of hydrogen-bond donors (Lipinski definition) is 0. The molecule has 1 atom stereocenters. The molecule has 0 aromatic carbocycles. The highest BCUT2D eigenvalue weighted by atomic mass is 16.2. The molecule has 0 saturated carbocycles. The number of nitrogens with zero attached hydrogens (tertiary/aromatic N) is 1. The molecule has 1 fully saturated rings. The number of hydrogen-bond acceptors (Lipinski definition) is 2. The van der Waals surface area contributed by atoms with E-state index in [-0.39, 0.29) is 17.7 Å². The number of rotatable bonds is 2. The lowest BCUT2D eigenvalue weighted by Crippen LogP contribution is -2.55. The van der Waals surface area contributed by atoms with Crippen LogP contribution >= 0.6 is 0 Å². The Bertz CT molecular complexity index is 256. The van der Waals surface area contributed by atoms with Gasteiger partial charge in [-0.1, -0.05) is 13.8 Å². The minimum absolute atomic E-state index is 0.00579. The van der Waals surface area contributed by atoms with Crippen LogP contribution in [0.15, 0.2) is 0 Å². The lowest BCUT2D eigenvalue weighted by atomic mass is 9.72. The van der Waals surface area contributed by atoms with Crippen molar-refractivity contribution in [1.82, 2.24) is 4.90 Å². The third-order valence-corrected chi connectivity index (χ3v) is 3.61. The van der Waals surface area contributed by atoms with Crippen molar-refractivity contribution in [3.05, 3.63) is 0 Å². The van der Waals surface area contributed by atoms with E-state index in [1.54, 1.807) is 11.9 Å². The monoisotopic (exact) mass is 197 g/mol. The maximum absolute atomic E-state index is 12.0. The second kappa shape index (κ2) is 3.71. The van der Waals surface area contributed by atoms with E-state index in [1.807, 2.05) is 20.8 Å². The molecule has 80 valence electrons. The Hall–Kier alpha value is -0.860. The largest absolute Gasteiger partial charge is 0.342 e. The normalized spacial score (nSPS) is 26.9. The highest BCUT2D eigenvalue weighted by molar-refractivity contribution is 6.08. The molecule has 0 aliphatic carbocycles. The molecule has 1 aliphatic heterocycles. The minimum atomic E-state index is -0.721. The molecule has 1 aliphatic rings. The van der Waals surface area contributed by atoms with Gasteiger partial charge in [0.05, 0.1) is 0 Å². The second-order valence-electron chi connectivity index (χ2n) is 4.18. The summed E-state index contributed by atoms with van der Waals surface area (Å²) < 4.78 is 0. The van der Waals surface area contributed by atoms with E-state index in [2.05, 4.69) is 0 Å². The van der Waals surface area contributed by atoms with E-state index in [9.17, 15) is 9.59 Å². The van der Waals surface area contributed by atoms with Crippen molar-refractivity contribution in [3.8, 4) is 0 Å². The lowest BCUT2D eigenvalue weighted by molar-refractivity contribution is -0.157. The van der Waals surface area contributed by atoms with Crippen LogP contribution in [0.1, 0.15) is 40.0 Å². The average molecular weight is 197 g/mol. The first-order valence-corrected chi connectivity index (χ1v) is 5.30. The fraction of sp³-hybridized carbons (Fsp3) is 0.818. The summed E-state index contributed by atoms with van der Waals surface area (Å²) in [5.74, 6) is 0.129. The second-order valence-corrected chi connectivity index (χ2v) is 4.18. The van der Waals surface area contributed by atoms with Crippen LogP contribution in [-0.2, 0) is 9.59 Å². The molecule has 1 heterocycles. The summed E-state index contributed by atoms with van der Waals surface area (Å²) in [6.45, 7) is 5.76. The van der Waals surface area contributed by atoms with Crippen LogP contribution in [0, 0.1) is 5.41 Å². The molecular formula is C11H19NO2. The number of piperidine rings is 1. The maximum atomic E-state index is 12.0. The zero-order chi connectivity index (χ0) is 10.9. The van der Waals surface area contributed by atoms with E-state index in [0.717, 1.165) is 0 Å². The van der Waals surface area contributed by atoms with Gasteiger partial charge >= 0.3 is 0 Å². The zero-order valence-corrected chi connectivity index (χ0v) is 9.46. The molecule has 3 heteroatoms. The highest BCUT2D eigenvalue weighted by Gasteiger charge is 2.48. The van der Waals surface area contributed by atoms with Gasteiger partial charge in [-0.05, 0) is 19.8 Å². The first-order valence-electron chi connectivity index (χ1n) is 5.30. The van der Waals surface area contributed by atoms with Crippen LogP contribution < -0.4 is 0 Å². The Labute approximate surface area is 85.5 Å². The van der Waals surface area contributed by atoms with E-state index < -0.39 is 5.41 Å². The van der Waals surface area contributed by atoms with Crippen LogP contribution in [-0.4, -0.2) is 29.7 Å². The molecule has 0 N–H and O–H groups in total. The summed E-state index contributed by atoms with van der Waals surface area (Å²) in [7, 11) is 1.79. The predicted octanol–water partition coefficient (Wildman–Crippen LogP) is 1.61. The van der Waals surface area contributed by atoms with Crippen molar-refractivity contribution >= 4 is 11.7 Å². The Morgan fingerprint density at radius 2 is 1.86 bits per heavy atom. The van der Waals surface area contributed by atoms with Gasteiger partial charge in [-0.2, -0.15) is 0 Å². The summed E-state index contributed by atoms with van der Waals surface area (Å²) in [5, 5.41) is 0. The van der Waals surface area contributed by atoms with Crippen LogP contribution in [0.2, 0.25) is 0 Å². The summed E-state index contributed by atoms with van der Waals surface area (Å²) in [4.78, 5) is 25.6. The van der Waals surface area contributed by atoms with Crippen molar-refractivity contribution in [1.29, 1.82) is 0 Å². The molecule has 1 unspecified atom stereocenters. The maximum Gasteiger partial charge on any atom is 0.236 e. The predicted molar refractivity (Wildman–Crippen MR) is 54.9 cm³/mol. The van der Waals surface area contributed by atoms with Gasteiger partial charge in [0.2, 0.25) is 5.91 Å². The zero-order valence-electron chi connectivity index (χ0n) is 9.46. The van der Waals surface area contributed by atoms with Gasteiger partial charge in [-0.25, -0.2) is 0 Å². The summed E-state index contributed by atoms with van der Waals surface area (Å²) in [6.07, 6.45) is 1.75. The van der Waals surface area contributed by atoms with E-state index >= 15 is 0 Å². The van der Waals surface area contributed by atoms with Gasteiger partial charge < -0.3 is 4.90 Å². The molecule has 3 nitrogen and oxygen atoms in total. The summed E-state index contributed by atoms with van der Waals surface area (Å²) >= 11 is 0. The molecule has 0 aromatic rings. The van der Waals surface area contributed by atoms with Crippen molar-refractivity contribution in [2.75, 3.05) is 7.05 Å². The standard InChI is InChI=1S/C11H19NO2/c1-5-11(6-2)9(13)7-8(3)12(4)10(11)14/h8H,5-7H2,1-4H3. The van der Waals surface area contributed by atoms with Gasteiger partial charge in [0.15, 0.2) is 0 Å². The Kier molecular flexibility index (Phi) is 2.98. The van der Waals surface area contributed by atoms with Crippen LogP contribution in [0.5, 0.6) is 0 Å². The number of carbonyl (C=O) groups excluding carboxylic acids is 2. The smallest absolute Gasteiger partial charge is 0.236 e. The third kappa shape index (κ3) is 1.35. The number of ketones is 1. The first kappa shape index (κ1) is 11.2. The lowest BCUT2D eigenvalue weighted by Gasteiger charge is -2.41. The van der Waals surface area contributed by atoms with E-state index in [4.69, 9.17) is 0 Å². The molecule has 0 radical (unpaired) electrons. The Balaban J connectivity index is 3.05. The molecule has 1 amide bonds. The molecule has 14 heavy (non-hydrogen) atoms. The fourth-order valence-electron chi connectivity index (χ4n) is 2.20. The fourth-order valence-corrected chi connectivity index (χ4v) is 2.20. The van der Waals surface area contributed by atoms with E-state index in [0.29, 0.717) is 19.3 Å². The van der Waals surface area contributed by atoms with Gasteiger partial charge in [-0.15, -0.1) is 0 Å². The van der Waals surface area contributed by atoms with Crippen molar-refractivity contribution in [2.24, 2.45) is 5.41 Å². The van der Waals surface area contributed by atoms with Crippen LogP contribution in [0.4, 0.5) is 0 Å². The van der Waals surface area contributed by atoms with Gasteiger partial charge in [0.25, 0.3) is 0 Å². The van der Waals surface area contributed by atoms with Crippen molar-refractivity contribution < 1.29 is 9.59 Å². The summed E-state index contributed by atoms with van der Waals surface area (Å²) in [6, 6.07) is 0.0567. The number of carbonyl (C=O) groups is 2. The Morgan fingerprint density at radius 1 is 1.36 bits per heavy atom. The quantitative estimate of drug-likeness (QED) is 0.631. The SMILES string of the molecule is CCC1(CC)C(=O)CC(C)N(C)C1=O. The van der Waals surface area contributed by atoms with Gasteiger partial charge in [-0.3, -0.25) is 9.59 Å².